The zero-order chi connectivity index (χ0) is 18.4. The highest BCUT2D eigenvalue weighted by Gasteiger charge is 2.25. The molecule has 1 N–H and O–H groups in total. The normalized spacial score (nSPS) is 12.9. The quantitative estimate of drug-likeness (QED) is 0.598. The fraction of sp³-hybridized carbons (Fsp3) is 0.200. The number of para-hydroxylation sites is 3. The van der Waals surface area contributed by atoms with Gasteiger partial charge in [0.2, 0.25) is 5.91 Å². The lowest BCUT2D eigenvalue weighted by Crippen LogP contribution is -2.40. The van der Waals surface area contributed by atoms with E-state index in [4.69, 9.17) is 4.74 Å². The number of hydrogen-bond donors (Lipinski definition) is 1. The van der Waals surface area contributed by atoms with Gasteiger partial charge >= 0.3 is 0 Å². The van der Waals surface area contributed by atoms with Gasteiger partial charge in [0.05, 0.1) is 11.4 Å². The second kappa shape index (κ2) is 8.58. The van der Waals surface area contributed by atoms with Gasteiger partial charge in [0.15, 0.2) is 6.61 Å². The van der Waals surface area contributed by atoms with E-state index in [0.717, 1.165) is 16.3 Å². The van der Waals surface area contributed by atoms with Gasteiger partial charge in [0.1, 0.15) is 5.75 Å². The molecule has 0 fully saturated rings. The van der Waals surface area contributed by atoms with Gasteiger partial charge in [-0.05, 0) is 24.3 Å². The highest BCUT2D eigenvalue weighted by molar-refractivity contribution is 7.99. The highest BCUT2D eigenvalue weighted by atomic mass is 32.2. The largest absolute Gasteiger partial charge is 0.482 e. The van der Waals surface area contributed by atoms with E-state index in [-0.39, 0.29) is 24.8 Å². The Kier molecular flexibility index (Phi) is 5.96. The molecule has 2 aromatic carbocycles. The SMILES string of the molecule is C=CCSc1ccccc1NC(=O)CCN1C(=O)COc2ccccc21. The Morgan fingerprint density at radius 3 is 2.85 bits per heavy atom. The number of thioether (sulfide) groups is 1. The first-order valence-corrected chi connectivity index (χ1v) is 9.32. The smallest absolute Gasteiger partial charge is 0.265 e. The second-order valence-electron chi connectivity index (χ2n) is 5.70. The lowest BCUT2D eigenvalue weighted by atomic mass is 10.2. The van der Waals surface area contributed by atoms with Gasteiger partial charge < -0.3 is 15.0 Å². The molecule has 2 aromatic rings. The second-order valence-corrected chi connectivity index (χ2v) is 6.76. The summed E-state index contributed by atoms with van der Waals surface area (Å²) in [6, 6.07) is 15.0. The molecule has 0 spiro atoms. The van der Waals surface area contributed by atoms with Crippen LogP contribution in [0.15, 0.2) is 66.1 Å². The molecule has 1 heterocycles. The van der Waals surface area contributed by atoms with Gasteiger partial charge in [-0.2, -0.15) is 0 Å². The van der Waals surface area contributed by atoms with Gasteiger partial charge in [0.25, 0.3) is 5.91 Å². The van der Waals surface area contributed by atoms with Crippen LogP contribution >= 0.6 is 11.8 Å². The Morgan fingerprint density at radius 1 is 1.23 bits per heavy atom. The molecular weight excluding hydrogens is 348 g/mol. The first kappa shape index (κ1) is 18.1. The molecule has 0 saturated heterocycles. The maximum absolute atomic E-state index is 12.4. The third-order valence-corrected chi connectivity index (χ3v) is 4.96. The molecule has 0 aliphatic carbocycles. The van der Waals surface area contributed by atoms with E-state index in [9.17, 15) is 9.59 Å². The van der Waals surface area contributed by atoms with Crippen molar-refractivity contribution in [2.45, 2.75) is 11.3 Å². The number of amides is 2. The number of fused-ring (bicyclic) bond motifs is 1. The Bertz CT molecular complexity index is 822. The van der Waals surface area contributed by atoms with E-state index < -0.39 is 0 Å². The van der Waals surface area contributed by atoms with E-state index >= 15 is 0 Å². The maximum Gasteiger partial charge on any atom is 0.265 e. The van der Waals surface area contributed by atoms with Crippen molar-refractivity contribution in [2.24, 2.45) is 0 Å². The third kappa shape index (κ3) is 4.26. The summed E-state index contributed by atoms with van der Waals surface area (Å²) in [5.74, 6) is 1.16. The van der Waals surface area contributed by atoms with Crippen LogP contribution in [0.5, 0.6) is 5.75 Å². The molecule has 5 nitrogen and oxygen atoms in total. The van der Waals surface area contributed by atoms with Crippen molar-refractivity contribution in [3.05, 3.63) is 61.2 Å². The topological polar surface area (TPSA) is 58.6 Å². The highest BCUT2D eigenvalue weighted by Crippen LogP contribution is 2.31. The number of carbonyl (C=O) groups is 2. The fourth-order valence-corrected chi connectivity index (χ4v) is 3.42. The number of anilines is 2. The van der Waals surface area contributed by atoms with Crippen LogP contribution in [0.25, 0.3) is 0 Å². The molecule has 6 heteroatoms. The summed E-state index contributed by atoms with van der Waals surface area (Å²) in [4.78, 5) is 27.1. The number of carbonyl (C=O) groups excluding carboxylic acids is 2. The van der Waals surface area contributed by atoms with E-state index in [0.29, 0.717) is 18.0 Å². The minimum Gasteiger partial charge on any atom is -0.482 e. The minimum absolute atomic E-state index is 0.000338. The summed E-state index contributed by atoms with van der Waals surface area (Å²) in [5.41, 5.74) is 1.48. The van der Waals surface area contributed by atoms with Crippen molar-refractivity contribution in [3.8, 4) is 5.75 Å². The molecule has 0 bridgehead atoms. The maximum atomic E-state index is 12.4. The zero-order valence-corrected chi connectivity index (χ0v) is 15.1. The molecule has 0 unspecified atom stereocenters. The molecule has 0 aromatic heterocycles. The molecular formula is C20H20N2O3S. The molecule has 0 saturated carbocycles. The Balaban J connectivity index is 1.63. The van der Waals surface area contributed by atoms with Crippen LogP contribution in [0, 0.1) is 0 Å². The van der Waals surface area contributed by atoms with Crippen molar-refractivity contribution < 1.29 is 14.3 Å². The first-order valence-electron chi connectivity index (χ1n) is 8.34. The van der Waals surface area contributed by atoms with Gasteiger partial charge in [-0.1, -0.05) is 30.3 Å². The number of ether oxygens (including phenoxy) is 1. The van der Waals surface area contributed by atoms with E-state index in [1.165, 1.54) is 0 Å². The zero-order valence-electron chi connectivity index (χ0n) is 14.3. The Morgan fingerprint density at radius 2 is 2.00 bits per heavy atom. The molecule has 2 amide bonds. The number of nitrogens with one attached hydrogen (secondary N) is 1. The van der Waals surface area contributed by atoms with Crippen molar-refractivity contribution in [1.82, 2.24) is 0 Å². The van der Waals surface area contributed by atoms with Crippen molar-refractivity contribution >= 4 is 35.0 Å². The summed E-state index contributed by atoms with van der Waals surface area (Å²) in [6.07, 6.45) is 2.03. The van der Waals surface area contributed by atoms with E-state index in [2.05, 4.69) is 11.9 Å². The summed E-state index contributed by atoms with van der Waals surface area (Å²) in [5, 5.41) is 2.93. The predicted molar refractivity (Wildman–Crippen MR) is 105 cm³/mol. The van der Waals surface area contributed by atoms with Crippen LogP contribution in [-0.4, -0.2) is 30.7 Å². The van der Waals surface area contributed by atoms with Gasteiger partial charge in [-0.15, -0.1) is 18.3 Å². The average Bonchev–Trinajstić information content (AvgIpc) is 2.66. The van der Waals surface area contributed by atoms with E-state index in [1.54, 1.807) is 16.7 Å². The summed E-state index contributed by atoms with van der Waals surface area (Å²) in [6.45, 7) is 4.03. The number of hydrogen-bond acceptors (Lipinski definition) is 4. The van der Waals surface area contributed by atoms with Crippen molar-refractivity contribution in [2.75, 3.05) is 29.1 Å². The molecule has 0 atom stereocenters. The summed E-state index contributed by atoms with van der Waals surface area (Å²) >= 11 is 1.61. The van der Waals surface area contributed by atoms with Crippen LogP contribution in [0.3, 0.4) is 0 Å². The van der Waals surface area contributed by atoms with Crippen LogP contribution in [0.2, 0.25) is 0 Å². The first-order chi connectivity index (χ1) is 12.7. The van der Waals surface area contributed by atoms with Crippen molar-refractivity contribution in [3.63, 3.8) is 0 Å². The molecule has 134 valence electrons. The number of benzene rings is 2. The molecule has 1 aliphatic heterocycles. The van der Waals surface area contributed by atoms with E-state index in [1.807, 2.05) is 54.6 Å². The molecule has 26 heavy (non-hydrogen) atoms. The Hall–Kier alpha value is -2.73. The standard InChI is InChI=1S/C20H20N2O3S/c1-2-13-26-18-10-6-3-7-15(18)21-19(23)11-12-22-16-8-4-5-9-17(16)25-14-20(22)24/h2-10H,1,11-14H2,(H,21,23). The lowest BCUT2D eigenvalue weighted by Gasteiger charge is -2.29. The average molecular weight is 368 g/mol. The van der Waals surface area contributed by atoms with Gasteiger partial charge in [-0.25, -0.2) is 0 Å². The van der Waals surface area contributed by atoms with Crippen molar-refractivity contribution in [1.29, 1.82) is 0 Å². The molecule has 3 rings (SSSR count). The lowest BCUT2D eigenvalue weighted by molar-refractivity contribution is -0.121. The van der Waals surface area contributed by atoms with Crippen LogP contribution < -0.4 is 15.0 Å². The fourth-order valence-electron chi connectivity index (χ4n) is 2.67. The van der Waals surface area contributed by atoms with Crippen LogP contribution in [-0.2, 0) is 9.59 Å². The van der Waals surface area contributed by atoms with Crippen LogP contribution in [0.4, 0.5) is 11.4 Å². The van der Waals surface area contributed by atoms with Gasteiger partial charge in [0, 0.05) is 23.6 Å². The number of nitrogens with zero attached hydrogens (tertiary/aromatic N) is 1. The minimum atomic E-state index is -0.140. The summed E-state index contributed by atoms with van der Waals surface area (Å²) < 4.78 is 5.42. The van der Waals surface area contributed by atoms with Crippen LogP contribution in [0.1, 0.15) is 6.42 Å². The molecule has 0 radical (unpaired) electrons. The van der Waals surface area contributed by atoms with Gasteiger partial charge in [-0.3, -0.25) is 9.59 Å². The summed E-state index contributed by atoms with van der Waals surface area (Å²) in [7, 11) is 0. The Labute approximate surface area is 157 Å². The monoisotopic (exact) mass is 368 g/mol. The third-order valence-electron chi connectivity index (χ3n) is 3.89. The number of rotatable bonds is 7. The molecule has 1 aliphatic rings. The predicted octanol–water partition coefficient (Wildman–Crippen LogP) is 3.72.